The quantitative estimate of drug-likeness (QED) is 0.919. The maximum absolute atomic E-state index is 14.0. The maximum atomic E-state index is 14.0. The third-order valence-corrected chi connectivity index (χ3v) is 4.22. The summed E-state index contributed by atoms with van der Waals surface area (Å²) in [7, 11) is 0. The molecule has 0 heterocycles. The van der Waals surface area contributed by atoms with Gasteiger partial charge in [-0.2, -0.15) is 5.26 Å². The molecule has 0 aliphatic heterocycles. The number of hydrogen-bond donors (Lipinski definition) is 1. The van der Waals surface area contributed by atoms with E-state index in [1.165, 1.54) is 6.07 Å². The Balaban J connectivity index is 2.05. The van der Waals surface area contributed by atoms with Gasteiger partial charge in [-0.15, -0.1) is 0 Å². The summed E-state index contributed by atoms with van der Waals surface area (Å²) in [6.07, 6.45) is 4.29. The predicted molar refractivity (Wildman–Crippen MR) is 77.4 cm³/mol. The van der Waals surface area contributed by atoms with Gasteiger partial charge in [-0.3, -0.25) is 4.90 Å². The summed E-state index contributed by atoms with van der Waals surface area (Å²) < 4.78 is 14.0. The molecule has 2 N–H and O–H groups in total. The monoisotopic (exact) mass is 275 g/mol. The van der Waals surface area contributed by atoms with E-state index in [-0.39, 0.29) is 5.82 Å². The number of nitrogens with two attached hydrogens (primary N) is 1. The van der Waals surface area contributed by atoms with E-state index in [2.05, 4.69) is 11.8 Å². The van der Waals surface area contributed by atoms with Crippen molar-refractivity contribution >= 4 is 0 Å². The van der Waals surface area contributed by atoms with Gasteiger partial charge in [-0.1, -0.05) is 13.0 Å². The topological polar surface area (TPSA) is 53.0 Å². The van der Waals surface area contributed by atoms with Gasteiger partial charge in [0.2, 0.25) is 0 Å². The highest BCUT2D eigenvalue weighted by atomic mass is 19.1. The van der Waals surface area contributed by atoms with Crippen LogP contribution < -0.4 is 5.73 Å². The van der Waals surface area contributed by atoms with Crippen molar-refractivity contribution in [2.24, 2.45) is 5.73 Å². The minimum atomic E-state index is -0.282. The largest absolute Gasteiger partial charge is 0.328 e. The molecule has 0 unspecified atom stereocenters. The van der Waals surface area contributed by atoms with E-state index < -0.39 is 0 Å². The summed E-state index contributed by atoms with van der Waals surface area (Å²) >= 11 is 0. The molecular weight excluding hydrogens is 253 g/mol. The van der Waals surface area contributed by atoms with E-state index in [0.717, 1.165) is 32.2 Å². The minimum Gasteiger partial charge on any atom is -0.328 e. The van der Waals surface area contributed by atoms with Crippen LogP contribution in [0.3, 0.4) is 0 Å². The highest BCUT2D eigenvalue weighted by Crippen LogP contribution is 2.24. The summed E-state index contributed by atoms with van der Waals surface area (Å²) in [5.41, 5.74) is 6.98. The first kappa shape index (κ1) is 15.0. The lowest BCUT2D eigenvalue weighted by atomic mass is 9.90. The molecule has 2 rings (SSSR count). The van der Waals surface area contributed by atoms with Crippen molar-refractivity contribution in [1.29, 1.82) is 5.26 Å². The summed E-state index contributed by atoms with van der Waals surface area (Å²) in [5.74, 6) is -0.282. The normalized spacial score (nSPS) is 22.8. The van der Waals surface area contributed by atoms with Crippen LogP contribution in [0, 0.1) is 17.1 Å². The molecular formula is C16H22FN3. The van der Waals surface area contributed by atoms with Crippen LogP contribution in [0.1, 0.15) is 43.7 Å². The summed E-state index contributed by atoms with van der Waals surface area (Å²) in [4.78, 5) is 2.32. The van der Waals surface area contributed by atoms with Crippen LogP contribution in [-0.2, 0) is 6.54 Å². The third kappa shape index (κ3) is 3.56. The van der Waals surface area contributed by atoms with Crippen LogP contribution in [0.25, 0.3) is 0 Å². The SMILES string of the molecule is CCN(Cc1ccc(C#N)cc1F)C1CCC(N)CC1. The number of nitrogens with zero attached hydrogens (tertiary/aromatic N) is 2. The first-order valence-corrected chi connectivity index (χ1v) is 7.32. The van der Waals surface area contributed by atoms with E-state index in [1.807, 2.05) is 6.07 Å². The van der Waals surface area contributed by atoms with Gasteiger partial charge in [0.1, 0.15) is 5.82 Å². The van der Waals surface area contributed by atoms with Gasteiger partial charge in [0.05, 0.1) is 11.6 Å². The van der Waals surface area contributed by atoms with Crippen LogP contribution in [-0.4, -0.2) is 23.5 Å². The molecule has 1 fully saturated rings. The Morgan fingerprint density at radius 3 is 2.60 bits per heavy atom. The lowest BCUT2D eigenvalue weighted by molar-refractivity contribution is 0.148. The van der Waals surface area contributed by atoms with Gasteiger partial charge in [0.15, 0.2) is 0 Å². The van der Waals surface area contributed by atoms with E-state index in [9.17, 15) is 4.39 Å². The zero-order valence-corrected chi connectivity index (χ0v) is 12.0. The fourth-order valence-corrected chi connectivity index (χ4v) is 2.93. The van der Waals surface area contributed by atoms with Gasteiger partial charge in [-0.05, 0) is 44.4 Å². The van der Waals surface area contributed by atoms with Gasteiger partial charge in [-0.25, -0.2) is 4.39 Å². The Hall–Kier alpha value is -1.44. The zero-order valence-electron chi connectivity index (χ0n) is 12.0. The average Bonchev–Trinajstić information content (AvgIpc) is 2.47. The second kappa shape index (κ2) is 6.83. The Labute approximate surface area is 120 Å². The lowest BCUT2D eigenvalue weighted by Gasteiger charge is -2.35. The first-order valence-electron chi connectivity index (χ1n) is 7.32. The van der Waals surface area contributed by atoms with Gasteiger partial charge < -0.3 is 5.73 Å². The minimum absolute atomic E-state index is 0.282. The van der Waals surface area contributed by atoms with E-state index in [0.29, 0.717) is 29.8 Å². The first-order chi connectivity index (χ1) is 9.63. The fraction of sp³-hybridized carbons (Fsp3) is 0.562. The molecule has 0 spiro atoms. The van der Waals surface area contributed by atoms with E-state index >= 15 is 0 Å². The second-order valence-electron chi connectivity index (χ2n) is 5.55. The van der Waals surface area contributed by atoms with Gasteiger partial charge >= 0.3 is 0 Å². The van der Waals surface area contributed by atoms with Crippen LogP contribution in [0.4, 0.5) is 4.39 Å². The molecule has 1 saturated carbocycles. The number of halogens is 1. The van der Waals surface area contributed by atoms with Gasteiger partial charge in [0.25, 0.3) is 0 Å². The lowest BCUT2D eigenvalue weighted by Crippen LogP contribution is -2.40. The standard InChI is InChI=1S/C16H22FN3/c1-2-20(15-7-5-14(19)6-8-15)11-13-4-3-12(10-18)9-16(13)17/h3-4,9,14-15H,2,5-8,11,19H2,1H3. The van der Waals surface area contributed by atoms with Crippen molar-refractivity contribution in [3.8, 4) is 6.07 Å². The molecule has 4 heteroatoms. The van der Waals surface area contributed by atoms with Crippen LogP contribution >= 0.6 is 0 Å². The molecule has 0 saturated heterocycles. The molecule has 0 bridgehead atoms. The number of benzene rings is 1. The fourth-order valence-electron chi connectivity index (χ4n) is 2.93. The Morgan fingerprint density at radius 2 is 2.05 bits per heavy atom. The van der Waals surface area contributed by atoms with E-state index in [4.69, 9.17) is 11.0 Å². The maximum Gasteiger partial charge on any atom is 0.129 e. The zero-order chi connectivity index (χ0) is 14.5. The van der Waals surface area contributed by atoms with Crippen LogP contribution in [0.15, 0.2) is 18.2 Å². The predicted octanol–water partition coefficient (Wildman–Crippen LogP) is 2.79. The molecule has 0 aromatic heterocycles. The molecule has 1 aromatic carbocycles. The van der Waals surface area contributed by atoms with Crippen molar-refractivity contribution in [1.82, 2.24) is 4.90 Å². The highest BCUT2D eigenvalue weighted by Gasteiger charge is 2.23. The molecule has 20 heavy (non-hydrogen) atoms. The molecule has 3 nitrogen and oxygen atoms in total. The van der Waals surface area contributed by atoms with Crippen molar-refractivity contribution < 1.29 is 4.39 Å². The number of nitriles is 1. The van der Waals surface area contributed by atoms with Crippen molar-refractivity contribution in [2.75, 3.05) is 6.54 Å². The molecule has 0 amide bonds. The molecule has 1 aliphatic rings. The summed E-state index contributed by atoms with van der Waals surface area (Å²) in [6, 6.07) is 7.52. The van der Waals surface area contributed by atoms with Crippen molar-refractivity contribution in [2.45, 2.75) is 51.2 Å². The molecule has 108 valence electrons. The molecule has 0 atom stereocenters. The van der Waals surface area contributed by atoms with Gasteiger partial charge in [0, 0.05) is 24.2 Å². The Morgan fingerprint density at radius 1 is 1.35 bits per heavy atom. The average molecular weight is 275 g/mol. The van der Waals surface area contributed by atoms with Crippen LogP contribution in [0.2, 0.25) is 0 Å². The molecule has 1 aliphatic carbocycles. The molecule has 0 radical (unpaired) electrons. The highest BCUT2D eigenvalue weighted by molar-refractivity contribution is 5.32. The third-order valence-electron chi connectivity index (χ3n) is 4.22. The summed E-state index contributed by atoms with van der Waals surface area (Å²) in [5, 5.41) is 8.77. The second-order valence-corrected chi connectivity index (χ2v) is 5.55. The Bertz CT molecular complexity index is 487. The van der Waals surface area contributed by atoms with Crippen molar-refractivity contribution in [3.05, 3.63) is 35.1 Å². The number of rotatable bonds is 4. The Kier molecular flexibility index (Phi) is 5.11. The van der Waals surface area contributed by atoms with E-state index in [1.54, 1.807) is 12.1 Å². The smallest absolute Gasteiger partial charge is 0.129 e. The molecule has 1 aromatic rings. The van der Waals surface area contributed by atoms with Crippen LogP contribution in [0.5, 0.6) is 0 Å². The number of hydrogen-bond acceptors (Lipinski definition) is 3. The summed E-state index contributed by atoms with van der Waals surface area (Å²) in [6.45, 7) is 3.61. The van der Waals surface area contributed by atoms with Crippen molar-refractivity contribution in [3.63, 3.8) is 0 Å².